The number of likely N-dealkylation sites (tertiary alicyclic amines) is 1. The van der Waals surface area contributed by atoms with Crippen LogP contribution in [-0.4, -0.2) is 35.3 Å². The Morgan fingerprint density at radius 3 is 2.65 bits per heavy atom. The first kappa shape index (κ1) is 16.2. The van der Waals surface area contributed by atoms with Gasteiger partial charge in [-0.05, 0) is 19.3 Å². The fourth-order valence-corrected chi connectivity index (χ4v) is 2.09. The Morgan fingerprint density at radius 1 is 1.47 bits per heavy atom. The fraction of sp³-hybridized carbons (Fsp3) is 0.818. The Labute approximate surface area is 108 Å². The van der Waals surface area contributed by atoms with Crippen molar-refractivity contribution >= 4 is 24.2 Å². The van der Waals surface area contributed by atoms with Crippen LogP contribution in [0.2, 0.25) is 0 Å². The predicted octanol–water partition coefficient (Wildman–Crippen LogP) is 0.402. The minimum absolute atomic E-state index is 0. The maximum Gasteiger partial charge on any atom is 0.240 e. The van der Waals surface area contributed by atoms with E-state index < -0.39 is 18.0 Å². The number of halogens is 1. The smallest absolute Gasteiger partial charge is 0.240 e. The van der Waals surface area contributed by atoms with Gasteiger partial charge in [0.2, 0.25) is 11.8 Å². The molecule has 1 aliphatic heterocycles. The summed E-state index contributed by atoms with van der Waals surface area (Å²) in [7, 11) is 0. The average molecular weight is 264 g/mol. The van der Waals surface area contributed by atoms with Crippen LogP contribution in [-0.2, 0) is 9.59 Å². The molecule has 1 saturated heterocycles. The third kappa shape index (κ3) is 4.16. The molecule has 6 heteroatoms. The molecule has 5 nitrogen and oxygen atoms in total. The van der Waals surface area contributed by atoms with Gasteiger partial charge < -0.3 is 16.4 Å². The van der Waals surface area contributed by atoms with Crippen LogP contribution in [0.4, 0.5) is 0 Å². The lowest BCUT2D eigenvalue weighted by atomic mass is 10.1. The molecule has 17 heavy (non-hydrogen) atoms. The van der Waals surface area contributed by atoms with Crippen molar-refractivity contribution in [2.24, 2.45) is 11.5 Å². The van der Waals surface area contributed by atoms with Crippen molar-refractivity contribution in [3.05, 3.63) is 0 Å². The summed E-state index contributed by atoms with van der Waals surface area (Å²) >= 11 is 0. The van der Waals surface area contributed by atoms with E-state index in [1.165, 1.54) is 0 Å². The second-order valence-electron chi connectivity index (χ2n) is 4.34. The highest BCUT2D eigenvalue weighted by atomic mass is 35.5. The molecule has 0 aromatic carbocycles. The van der Waals surface area contributed by atoms with Gasteiger partial charge in [0.05, 0.1) is 6.04 Å². The van der Waals surface area contributed by atoms with Gasteiger partial charge in [0.1, 0.15) is 6.04 Å². The molecule has 1 fully saturated rings. The number of rotatable bonds is 5. The van der Waals surface area contributed by atoms with Crippen LogP contribution in [0, 0.1) is 0 Å². The lowest BCUT2D eigenvalue weighted by Gasteiger charge is -2.25. The van der Waals surface area contributed by atoms with Crippen LogP contribution in [0.1, 0.15) is 39.0 Å². The van der Waals surface area contributed by atoms with E-state index in [-0.39, 0.29) is 18.3 Å². The number of nitrogens with two attached hydrogens (primary N) is 2. The van der Waals surface area contributed by atoms with E-state index in [9.17, 15) is 9.59 Å². The molecule has 1 aliphatic rings. The van der Waals surface area contributed by atoms with Crippen LogP contribution >= 0.6 is 12.4 Å². The zero-order valence-electron chi connectivity index (χ0n) is 10.2. The Balaban J connectivity index is 0.00000256. The molecule has 1 rings (SSSR count). The molecule has 100 valence electrons. The average Bonchev–Trinajstić information content (AvgIpc) is 2.73. The molecule has 2 amide bonds. The Kier molecular flexibility index (Phi) is 7.15. The fourth-order valence-electron chi connectivity index (χ4n) is 2.09. The molecule has 0 bridgehead atoms. The van der Waals surface area contributed by atoms with Gasteiger partial charge in [-0.15, -0.1) is 12.4 Å². The first-order chi connectivity index (χ1) is 7.57. The van der Waals surface area contributed by atoms with E-state index in [0.717, 1.165) is 19.3 Å². The monoisotopic (exact) mass is 263 g/mol. The number of primary amides is 1. The standard InChI is InChI=1S/C11H21N3O2.ClH/c1-2-3-5-8(12)11(16)14-7-4-6-9(14)10(13)15;/h8-9H,2-7,12H2,1H3,(H2,13,15);1H/t8-,9-;/m0./s1. The quantitative estimate of drug-likeness (QED) is 0.753. The van der Waals surface area contributed by atoms with Crippen LogP contribution in [0.15, 0.2) is 0 Å². The third-order valence-electron chi connectivity index (χ3n) is 3.05. The van der Waals surface area contributed by atoms with Crippen LogP contribution in [0.3, 0.4) is 0 Å². The van der Waals surface area contributed by atoms with Gasteiger partial charge in [0, 0.05) is 6.54 Å². The molecule has 0 aromatic heterocycles. The summed E-state index contributed by atoms with van der Waals surface area (Å²) in [5.41, 5.74) is 11.1. The molecule has 0 spiro atoms. The zero-order valence-corrected chi connectivity index (χ0v) is 11.0. The van der Waals surface area contributed by atoms with E-state index in [4.69, 9.17) is 11.5 Å². The normalized spacial score (nSPS) is 20.8. The number of unbranched alkanes of at least 4 members (excludes halogenated alkanes) is 1. The summed E-state index contributed by atoms with van der Waals surface area (Å²) in [5, 5.41) is 0. The lowest BCUT2D eigenvalue weighted by Crippen LogP contribution is -2.50. The van der Waals surface area contributed by atoms with E-state index in [1.807, 2.05) is 0 Å². The van der Waals surface area contributed by atoms with E-state index in [0.29, 0.717) is 19.4 Å². The van der Waals surface area contributed by atoms with Crippen molar-refractivity contribution in [1.29, 1.82) is 0 Å². The van der Waals surface area contributed by atoms with Gasteiger partial charge in [-0.1, -0.05) is 19.8 Å². The van der Waals surface area contributed by atoms with Gasteiger partial charge in [0.25, 0.3) is 0 Å². The van der Waals surface area contributed by atoms with Crippen molar-refractivity contribution < 1.29 is 9.59 Å². The van der Waals surface area contributed by atoms with Crippen molar-refractivity contribution in [3.8, 4) is 0 Å². The molecular weight excluding hydrogens is 242 g/mol. The first-order valence-corrected chi connectivity index (χ1v) is 5.93. The summed E-state index contributed by atoms with van der Waals surface area (Å²) in [6.07, 6.45) is 4.13. The maximum absolute atomic E-state index is 12.0. The highest BCUT2D eigenvalue weighted by Gasteiger charge is 2.34. The van der Waals surface area contributed by atoms with Gasteiger partial charge in [-0.2, -0.15) is 0 Å². The second-order valence-corrected chi connectivity index (χ2v) is 4.34. The van der Waals surface area contributed by atoms with Crippen molar-refractivity contribution in [3.63, 3.8) is 0 Å². The molecule has 0 saturated carbocycles. The number of amides is 2. The first-order valence-electron chi connectivity index (χ1n) is 5.93. The summed E-state index contributed by atoms with van der Waals surface area (Å²) in [6.45, 7) is 2.66. The summed E-state index contributed by atoms with van der Waals surface area (Å²) in [6, 6.07) is -0.930. The number of hydrogen-bond donors (Lipinski definition) is 2. The van der Waals surface area contributed by atoms with Crippen molar-refractivity contribution in [2.45, 2.75) is 51.1 Å². The SMILES string of the molecule is CCCC[C@H](N)C(=O)N1CCC[C@H]1C(N)=O.Cl. The summed E-state index contributed by atoms with van der Waals surface area (Å²) in [5.74, 6) is -0.553. The molecule has 0 unspecified atom stereocenters. The Hall–Kier alpha value is -0.810. The largest absolute Gasteiger partial charge is 0.368 e. The Bertz CT molecular complexity index is 273. The number of carbonyl (C=O) groups is 2. The van der Waals surface area contributed by atoms with Crippen LogP contribution < -0.4 is 11.5 Å². The molecule has 1 heterocycles. The zero-order chi connectivity index (χ0) is 12.1. The van der Waals surface area contributed by atoms with Crippen molar-refractivity contribution in [2.75, 3.05) is 6.54 Å². The topological polar surface area (TPSA) is 89.4 Å². The number of nitrogens with zero attached hydrogens (tertiary/aromatic N) is 1. The third-order valence-corrected chi connectivity index (χ3v) is 3.05. The molecule has 0 aromatic rings. The summed E-state index contributed by atoms with van der Waals surface area (Å²) < 4.78 is 0. The number of carbonyl (C=O) groups excluding carboxylic acids is 2. The summed E-state index contributed by atoms with van der Waals surface area (Å²) in [4.78, 5) is 24.6. The minimum atomic E-state index is -0.486. The molecular formula is C11H22ClN3O2. The van der Waals surface area contributed by atoms with Crippen molar-refractivity contribution in [1.82, 2.24) is 4.90 Å². The van der Waals surface area contributed by atoms with E-state index >= 15 is 0 Å². The van der Waals surface area contributed by atoms with Crippen LogP contribution in [0.5, 0.6) is 0 Å². The van der Waals surface area contributed by atoms with Gasteiger partial charge in [-0.3, -0.25) is 9.59 Å². The van der Waals surface area contributed by atoms with Gasteiger partial charge in [-0.25, -0.2) is 0 Å². The second kappa shape index (κ2) is 7.50. The highest BCUT2D eigenvalue weighted by molar-refractivity contribution is 5.89. The predicted molar refractivity (Wildman–Crippen MR) is 68.7 cm³/mol. The molecule has 4 N–H and O–H groups in total. The molecule has 2 atom stereocenters. The Morgan fingerprint density at radius 2 is 2.12 bits per heavy atom. The number of hydrogen-bond acceptors (Lipinski definition) is 3. The van der Waals surface area contributed by atoms with Gasteiger partial charge in [0.15, 0.2) is 0 Å². The van der Waals surface area contributed by atoms with E-state index in [2.05, 4.69) is 6.92 Å². The minimum Gasteiger partial charge on any atom is -0.368 e. The maximum atomic E-state index is 12.0. The van der Waals surface area contributed by atoms with E-state index in [1.54, 1.807) is 4.90 Å². The van der Waals surface area contributed by atoms with Gasteiger partial charge >= 0.3 is 0 Å². The lowest BCUT2D eigenvalue weighted by molar-refractivity contribution is -0.138. The highest BCUT2D eigenvalue weighted by Crippen LogP contribution is 2.18. The molecule has 0 aliphatic carbocycles. The van der Waals surface area contributed by atoms with Crippen LogP contribution in [0.25, 0.3) is 0 Å². The molecule has 0 radical (unpaired) electrons.